The highest BCUT2D eigenvalue weighted by molar-refractivity contribution is 7.13. The van der Waals surface area contributed by atoms with Gasteiger partial charge in [-0.1, -0.05) is 11.6 Å². The molecule has 0 saturated carbocycles. The van der Waals surface area contributed by atoms with Gasteiger partial charge in [-0.05, 0) is 32.0 Å². The Kier molecular flexibility index (Phi) is 3.96. The molecule has 0 spiro atoms. The highest BCUT2D eigenvalue weighted by atomic mass is 35.5. The molecular formula is C13H12ClFN2O2S. The second kappa shape index (κ2) is 5.38. The number of benzene rings is 1. The van der Waals surface area contributed by atoms with Crippen LogP contribution < -0.4 is 5.32 Å². The number of hydrogen-bond acceptors (Lipinski definition) is 4. The molecule has 20 heavy (non-hydrogen) atoms. The van der Waals surface area contributed by atoms with E-state index >= 15 is 0 Å². The van der Waals surface area contributed by atoms with Crippen LogP contribution in [0.2, 0.25) is 5.02 Å². The Labute approximate surface area is 124 Å². The predicted molar refractivity (Wildman–Crippen MR) is 77.5 cm³/mol. The van der Waals surface area contributed by atoms with Gasteiger partial charge in [-0.3, -0.25) is 4.79 Å². The summed E-state index contributed by atoms with van der Waals surface area (Å²) in [6.07, 6.45) is 0. The van der Waals surface area contributed by atoms with E-state index in [-0.39, 0.29) is 5.02 Å². The lowest BCUT2D eigenvalue weighted by molar-refractivity contribution is -0.142. The zero-order valence-corrected chi connectivity index (χ0v) is 12.3. The molecular weight excluding hydrogens is 303 g/mol. The maximum absolute atomic E-state index is 12.9. The summed E-state index contributed by atoms with van der Waals surface area (Å²) in [4.78, 5) is 15.4. The topological polar surface area (TPSA) is 62.2 Å². The van der Waals surface area contributed by atoms with Crippen LogP contribution in [0.25, 0.3) is 0 Å². The summed E-state index contributed by atoms with van der Waals surface area (Å²) < 4.78 is 12.9. The van der Waals surface area contributed by atoms with E-state index in [0.717, 1.165) is 0 Å². The quantitative estimate of drug-likeness (QED) is 0.894. The highest BCUT2D eigenvalue weighted by Crippen LogP contribution is 2.31. The van der Waals surface area contributed by atoms with Gasteiger partial charge in [-0.15, -0.1) is 11.3 Å². The van der Waals surface area contributed by atoms with Gasteiger partial charge in [0.05, 0.1) is 16.4 Å². The fraction of sp³-hybridized carbons (Fsp3) is 0.231. The van der Waals surface area contributed by atoms with Crippen molar-refractivity contribution in [1.82, 2.24) is 4.98 Å². The van der Waals surface area contributed by atoms with Crippen LogP contribution in [0, 0.1) is 5.82 Å². The smallest absolute Gasteiger partial charge is 0.315 e. The molecule has 0 saturated heterocycles. The molecule has 0 radical (unpaired) electrons. The summed E-state index contributed by atoms with van der Waals surface area (Å²) in [6, 6.07) is 3.98. The van der Waals surface area contributed by atoms with Gasteiger partial charge >= 0.3 is 5.97 Å². The molecule has 0 aliphatic carbocycles. The van der Waals surface area contributed by atoms with Crippen LogP contribution in [-0.4, -0.2) is 16.1 Å². The summed E-state index contributed by atoms with van der Waals surface area (Å²) in [7, 11) is 0. The number of thiazole rings is 1. The largest absolute Gasteiger partial charge is 0.481 e. The van der Waals surface area contributed by atoms with Gasteiger partial charge in [-0.25, -0.2) is 9.37 Å². The first-order valence-corrected chi connectivity index (χ1v) is 6.98. The van der Waals surface area contributed by atoms with Gasteiger partial charge in [0.1, 0.15) is 11.2 Å². The van der Waals surface area contributed by atoms with Crippen LogP contribution in [0.1, 0.15) is 19.5 Å². The minimum atomic E-state index is -1.07. The van der Waals surface area contributed by atoms with Crippen molar-refractivity contribution < 1.29 is 14.3 Å². The Morgan fingerprint density at radius 3 is 2.80 bits per heavy atom. The normalized spacial score (nSPS) is 11.4. The summed E-state index contributed by atoms with van der Waals surface area (Å²) >= 11 is 7.17. The molecule has 0 aliphatic rings. The SMILES string of the molecule is CC(C)(C(=O)O)c1csc(Nc2ccc(F)cc2Cl)n1. The standard InChI is InChI=1S/C13H12ClFN2O2S/c1-13(2,11(18)19)10-6-20-12(17-10)16-9-4-3-7(15)5-8(9)14/h3-6H,1-2H3,(H,16,17)(H,18,19). The first-order valence-electron chi connectivity index (χ1n) is 5.72. The molecule has 0 fully saturated rings. The number of carboxylic acid groups (broad SMARTS) is 1. The predicted octanol–water partition coefficient (Wildman–Crippen LogP) is 4.04. The van der Waals surface area contributed by atoms with E-state index in [1.165, 1.54) is 29.5 Å². The van der Waals surface area contributed by atoms with E-state index in [2.05, 4.69) is 10.3 Å². The molecule has 1 aromatic heterocycles. The van der Waals surface area contributed by atoms with Crippen LogP contribution in [0.5, 0.6) is 0 Å². The number of nitrogens with one attached hydrogen (secondary N) is 1. The van der Waals surface area contributed by atoms with Crippen LogP contribution >= 0.6 is 22.9 Å². The highest BCUT2D eigenvalue weighted by Gasteiger charge is 2.32. The van der Waals surface area contributed by atoms with E-state index in [4.69, 9.17) is 16.7 Å². The van der Waals surface area contributed by atoms with Gasteiger partial charge in [0.2, 0.25) is 0 Å². The van der Waals surface area contributed by atoms with Crippen molar-refractivity contribution in [3.05, 3.63) is 40.1 Å². The summed E-state index contributed by atoms with van der Waals surface area (Å²) in [5, 5.41) is 14.5. The fourth-order valence-corrected chi connectivity index (χ4v) is 2.54. The molecule has 0 amide bonds. The second-order valence-corrected chi connectivity index (χ2v) is 5.98. The van der Waals surface area contributed by atoms with Crippen molar-refractivity contribution in [1.29, 1.82) is 0 Å². The molecule has 0 aliphatic heterocycles. The minimum Gasteiger partial charge on any atom is -0.481 e. The third kappa shape index (κ3) is 2.91. The van der Waals surface area contributed by atoms with E-state index < -0.39 is 17.2 Å². The molecule has 106 valence electrons. The Morgan fingerprint density at radius 2 is 2.20 bits per heavy atom. The second-order valence-electron chi connectivity index (χ2n) is 4.72. The zero-order valence-electron chi connectivity index (χ0n) is 10.8. The minimum absolute atomic E-state index is 0.235. The number of carbonyl (C=O) groups is 1. The fourth-order valence-electron chi connectivity index (χ4n) is 1.43. The number of nitrogens with zero attached hydrogens (tertiary/aromatic N) is 1. The number of rotatable bonds is 4. The lowest BCUT2D eigenvalue weighted by atomic mass is 9.90. The maximum Gasteiger partial charge on any atom is 0.315 e. The van der Waals surface area contributed by atoms with E-state index in [1.54, 1.807) is 19.2 Å². The summed E-state index contributed by atoms with van der Waals surface area (Å²) in [5.74, 6) is -1.37. The van der Waals surface area contributed by atoms with E-state index in [1.807, 2.05) is 0 Å². The van der Waals surface area contributed by atoms with E-state index in [0.29, 0.717) is 16.5 Å². The third-order valence-electron chi connectivity index (χ3n) is 2.85. The van der Waals surface area contributed by atoms with E-state index in [9.17, 15) is 9.18 Å². The van der Waals surface area contributed by atoms with Crippen LogP contribution in [0.15, 0.2) is 23.6 Å². The Bertz CT molecular complexity index is 658. The molecule has 0 unspecified atom stereocenters. The van der Waals surface area contributed by atoms with Crippen LogP contribution in [0.4, 0.5) is 15.2 Å². The zero-order chi connectivity index (χ0) is 14.9. The Hall–Kier alpha value is -1.66. The molecule has 2 rings (SSSR count). The van der Waals surface area contributed by atoms with Crippen LogP contribution in [-0.2, 0) is 10.2 Å². The van der Waals surface area contributed by atoms with Gasteiger partial charge in [0, 0.05) is 5.38 Å². The maximum atomic E-state index is 12.9. The molecule has 0 bridgehead atoms. The van der Waals surface area contributed by atoms with Gasteiger partial charge in [-0.2, -0.15) is 0 Å². The number of carboxylic acids is 1. The monoisotopic (exact) mass is 314 g/mol. The average Bonchev–Trinajstić information content (AvgIpc) is 2.81. The molecule has 0 atom stereocenters. The number of hydrogen-bond donors (Lipinski definition) is 2. The van der Waals surface area contributed by atoms with Gasteiger partial charge < -0.3 is 10.4 Å². The first-order chi connectivity index (χ1) is 9.30. The van der Waals surface area contributed by atoms with Crippen molar-refractivity contribution in [2.45, 2.75) is 19.3 Å². The van der Waals surface area contributed by atoms with Crippen LogP contribution in [0.3, 0.4) is 0 Å². The van der Waals surface area contributed by atoms with Crippen molar-refractivity contribution in [2.75, 3.05) is 5.32 Å². The van der Waals surface area contributed by atoms with Crippen molar-refractivity contribution in [2.24, 2.45) is 0 Å². The molecule has 1 heterocycles. The van der Waals surface area contributed by atoms with Crippen molar-refractivity contribution >= 4 is 39.7 Å². The number of anilines is 2. The first kappa shape index (κ1) is 14.7. The summed E-state index contributed by atoms with van der Waals surface area (Å²) in [5.41, 5.74) is -0.0962. The molecule has 2 aromatic rings. The summed E-state index contributed by atoms with van der Waals surface area (Å²) in [6.45, 7) is 3.16. The molecule has 7 heteroatoms. The molecule has 1 aromatic carbocycles. The average molecular weight is 315 g/mol. The van der Waals surface area contributed by atoms with Crippen molar-refractivity contribution in [3.8, 4) is 0 Å². The lowest BCUT2D eigenvalue weighted by Crippen LogP contribution is -2.28. The Balaban J connectivity index is 2.24. The molecule has 2 N–H and O–H groups in total. The third-order valence-corrected chi connectivity index (χ3v) is 3.92. The van der Waals surface area contributed by atoms with Gasteiger partial charge in [0.25, 0.3) is 0 Å². The van der Waals surface area contributed by atoms with Gasteiger partial charge in [0.15, 0.2) is 5.13 Å². The Morgan fingerprint density at radius 1 is 1.50 bits per heavy atom. The van der Waals surface area contributed by atoms with Crippen molar-refractivity contribution in [3.63, 3.8) is 0 Å². The number of aromatic nitrogens is 1. The molecule has 4 nitrogen and oxygen atoms in total. The lowest BCUT2D eigenvalue weighted by Gasteiger charge is -2.15. The number of halogens is 2. The number of aliphatic carboxylic acids is 1.